The maximum absolute atomic E-state index is 12.2. The maximum Gasteiger partial charge on any atom is 0.305 e. The lowest BCUT2D eigenvalue weighted by molar-refractivity contribution is -0.141. The molecule has 25 heavy (non-hydrogen) atoms. The van der Waals surface area contributed by atoms with Gasteiger partial charge in [0.25, 0.3) is 0 Å². The lowest BCUT2D eigenvalue weighted by Crippen LogP contribution is -2.38. The van der Waals surface area contributed by atoms with Crippen LogP contribution < -0.4 is 9.47 Å². The second-order valence-corrected chi connectivity index (χ2v) is 6.65. The zero-order chi connectivity index (χ0) is 17.6. The Balaban J connectivity index is 1.41. The number of nitrogens with zero attached hydrogens (tertiary/aromatic N) is 1. The molecule has 2 aliphatic heterocycles. The van der Waals surface area contributed by atoms with E-state index in [1.165, 1.54) is 12.7 Å². The number of fused-ring (bicyclic) bond motifs is 1. The lowest BCUT2D eigenvalue weighted by atomic mass is 9.90. The number of benzene rings is 1. The molecule has 1 saturated heterocycles. The number of hydrogen-bond donors (Lipinski definition) is 0. The summed E-state index contributed by atoms with van der Waals surface area (Å²) in [6.45, 7) is 1.90. The molecule has 0 spiro atoms. The number of likely N-dealkylation sites (tertiary alicyclic amines) is 1. The molecule has 1 amide bonds. The molecular formula is C19H25NO5. The highest BCUT2D eigenvalue weighted by Gasteiger charge is 2.23. The van der Waals surface area contributed by atoms with Crippen LogP contribution in [0.3, 0.4) is 0 Å². The fraction of sp³-hybridized carbons (Fsp3) is 0.579. The molecule has 1 aromatic carbocycles. The molecule has 0 aromatic heterocycles. The van der Waals surface area contributed by atoms with E-state index in [-0.39, 0.29) is 11.9 Å². The van der Waals surface area contributed by atoms with Crippen LogP contribution in [0.2, 0.25) is 0 Å². The van der Waals surface area contributed by atoms with E-state index in [4.69, 9.17) is 9.47 Å². The van der Waals surface area contributed by atoms with Crippen molar-refractivity contribution in [2.75, 3.05) is 27.0 Å². The maximum atomic E-state index is 12.2. The Kier molecular flexibility index (Phi) is 5.79. The molecule has 0 aliphatic carbocycles. The first kappa shape index (κ1) is 17.6. The molecule has 0 saturated carbocycles. The number of esters is 1. The highest BCUT2D eigenvalue weighted by Crippen LogP contribution is 2.34. The Labute approximate surface area is 148 Å². The summed E-state index contributed by atoms with van der Waals surface area (Å²) in [4.78, 5) is 25.2. The van der Waals surface area contributed by atoms with Crippen LogP contribution in [0.15, 0.2) is 18.2 Å². The summed E-state index contributed by atoms with van der Waals surface area (Å²) in [5.74, 6) is 2.12. The van der Waals surface area contributed by atoms with Gasteiger partial charge >= 0.3 is 5.97 Å². The Morgan fingerprint density at radius 2 is 1.92 bits per heavy atom. The molecule has 136 valence electrons. The van der Waals surface area contributed by atoms with Crippen LogP contribution in [0, 0.1) is 5.92 Å². The number of rotatable bonds is 6. The quantitative estimate of drug-likeness (QED) is 0.740. The molecule has 2 aliphatic rings. The summed E-state index contributed by atoms with van der Waals surface area (Å²) in [5.41, 5.74) is 1.26. The molecule has 0 bridgehead atoms. The van der Waals surface area contributed by atoms with Crippen molar-refractivity contribution in [3.8, 4) is 11.5 Å². The van der Waals surface area contributed by atoms with Crippen molar-refractivity contribution in [3.63, 3.8) is 0 Å². The third kappa shape index (κ3) is 4.65. The molecule has 0 radical (unpaired) electrons. The van der Waals surface area contributed by atoms with Gasteiger partial charge in [-0.05, 0) is 49.3 Å². The Morgan fingerprint density at radius 1 is 1.16 bits per heavy atom. The molecule has 0 unspecified atom stereocenters. The van der Waals surface area contributed by atoms with Gasteiger partial charge in [0, 0.05) is 25.9 Å². The van der Waals surface area contributed by atoms with Gasteiger partial charge in [-0.2, -0.15) is 0 Å². The Hall–Kier alpha value is -2.24. The predicted octanol–water partition coefficient (Wildman–Crippen LogP) is 2.54. The minimum absolute atomic E-state index is 0.144. The predicted molar refractivity (Wildman–Crippen MR) is 91.4 cm³/mol. The molecule has 3 rings (SSSR count). The number of ether oxygens (including phenoxy) is 3. The van der Waals surface area contributed by atoms with E-state index in [9.17, 15) is 9.59 Å². The molecule has 0 N–H and O–H groups in total. The molecule has 1 aromatic rings. The summed E-state index contributed by atoms with van der Waals surface area (Å²) in [5, 5.41) is 0. The van der Waals surface area contributed by atoms with Gasteiger partial charge < -0.3 is 19.1 Å². The zero-order valence-electron chi connectivity index (χ0n) is 14.7. The highest BCUT2D eigenvalue weighted by molar-refractivity contribution is 5.77. The van der Waals surface area contributed by atoms with Gasteiger partial charge in [0.2, 0.25) is 12.7 Å². The first-order valence-electron chi connectivity index (χ1n) is 8.89. The first-order valence-corrected chi connectivity index (χ1v) is 8.89. The van der Waals surface area contributed by atoms with Gasteiger partial charge in [-0.25, -0.2) is 0 Å². The monoisotopic (exact) mass is 347 g/mol. The van der Waals surface area contributed by atoms with Gasteiger partial charge in [-0.1, -0.05) is 6.07 Å². The van der Waals surface area contributed by atoms with Gasteiger partial charge in [-0.3, -0.25) is 9.59 Å². The number of carbonyl (C=O) groups excluding carboxylic acids is 2. The van der Waals surface area contributed by atoms with Crippen LogP contribution in [0.4, 0.5) is 0 Å². The normalized spacial score (nSPS) is 16.8. The standard InChI is InChI=1S/C19H25NO5/c1-23-19(22)4-2-3-18(21)20-9-7-14(8-10-20)11-15-5-6-16-17(12-15)25-13-24-16/h5-6,12,14H,2-4,7-11,13H2,1H3. The topological polar surface area (TPSA) is 65.1 Å². The van der Waals surface area contributed by atoms with Gasteiger partial charge in [0.1, 0.15) is 0 Å². The number of hydrogen-bond acceptors (Lipinski definition) is 5. The van der Waals surface area contributed by atoms with Gasteiger partial charge in [-0.15, -0.1) is 0 Å². The van der Waals surface area contributed by atoms with E-state index in [0.717, 1.165) is 43.9 Å². The van der Waals surface area contributed by atoms with Crippen molar-refractivity contribution in [2.24, 2.45) is 5.92 Å². The van der Waals surface area contributed by atoms with E-state index >= 15 is 0 Å². The van der Waals surface area contributed by atoms with Crippen molar-refractivity contribution >= 4 is 11.9 Å². The van der Waals surface area contributed by atoms with Crippen LogP contribution in [0.25, 0.3) is 0 Å². The van der Waals surface area contributed by atoms with Crippen LogP contribution in [0.5, 0.6) is 11.5 Å². The van der Waals surface area contributed by atoms with Crippen LogP contribution in [-0.4, -0.2) is 43.8 Å². The summed E-state index contributed by atoms with van der Waals surface area (Å²) in [7, 11) is 1.37. The van der Waals surface area contributed by atoms with Crippen molar-refractivity contribution in [1.82, 2.24) is 4.90 Å². The molecule has 6 nitrogen and oxygen atoms in total. The number of piperidine rings is 1. The fourth-order valence-electron chi connectivity index (χ4n) is 3.43. The fourth-order valence-corrected chi connectivity index (χ4v) is 3.43. The van der Waals surface area contributed by atoms with Crippen molar-refractivity contribution in [2.45, 2.75) is 38.5 Å². The number of methoxy groups -OCH3 is 1. The zero-order valence-corrected chi connectivity index (χ0v) is 14.7. The Morgan fingerprint density at radius 3 is 2.68 bits per heavy atom. The average Bonchev–Trinajstić information content (AvgIpc) is 3.10. The minimum atomic E-state index is -0.254. The van der Waals surface area contributed by atoms with Gasteiger partial charge in [0.05, 0.1) is 7.11 Å². The third-order valence-corrected chi connectivity index (χ3v) is 4.93. The third-order valence-electron chi connectivity index (χ3n) is 4.93. The largest absolute Gasteiger partial charge is 0.469 e. The lowest BCUT2D eigenvalue weighted by Gasteiger charge is -2.32. The summed E-state index contributed by atoms with van der Waals surface area (Å²) in [6.07, 6.45) is 4.31. The second-order valence-electron chi connectivity index (χ2n) is 6.65. The average molecular weight is 347 g/mol. The van der Waals surface area contributed by atoms with Gasteiger partial charge in [0.15, 0.2) is 11.5 Å². The van der Waals surface area contributed by atoms with Crippen LogP contribution in [-0.2, 0) is 20.7 Å². The Bertz CT molecular complexity index is 622. The van der Waals surface area contributed by atoms with E-state index in [1.807, 2.05) is 11.0 Å². The molecule has 2 heterocycles. The van der Waals surface area contributed by atoms with Crippen molar-refractivity contribution in [3.05, 3.63) is 23.8 Å². The number of carbonyl (C=O) groups is 2. The first-order chi connectivity index (χ1) is 12.2. The van der Waals surface area contributed by atoms with E-state index in [0.29, 0.717) is 32.0 Å². The number of amides is 1. The van der Waals surface area contributed by atoms with E-state index < -0.39 is 0 Å². The summed E-state index contributed by atoms with van der Waals surface area (Å²) in [6, 6.07) is 6.13. The SMILES string of the molecule is COC(=O)CCCC(=O)N1CCC(Cc2ccc3c(c2)OCO3)CC1. The minimum Gasteiger partial charge on any atom is -0.469 e. The second kappa shape index (κ2) is 8.23. The molecular weight excluding hydrogens is 322 g/mol. The van der Waals surface area contributed by atoms with E-state index in [1.54, 1.807) is 0 Å². The molecule has 1 fully saturated rings. The smallest absolute Gasteiger partial charge is 0.305 e. The summed E-state index contributed by atoms with van der Waals surface area (Å²) >= 11 is 0. The van der Waals surface area contributed by atoms with Crippen molar-refractivity contribution < 1.29 is 23.8 Å². The van der Waals surface area contributed by atoms with Crippen LogP contribution in [0.1, 0.15) is 37.7 Å². The van der Waals surface area contributed by atoms with Crippen molar-refractivity contribution in [1.29, 1.82) is 0 Å². The highest BCUT2D eigenvalue weighted by atomic mass is 16.7. The molecule has 0 atom stereocenters. The molecule has 6 heteroatoms. The van der Waals surface area contributed by atoms with Crippen LogP contribution >= 0.6 is 0 Å². The van der Waals surface area contributed by atoms with E-state index in [2.05, 4.69) is 16.9 Å². The summed E-state index contributed by atoms with van der Waals surface area (Å²) < 4.78 is 15.4.